The Bertz CT molecular complexity index is 417. The minimum absolute atomic E-state index is 0.132. The summed E-state index contributed by atoms with van der Waals surface area (Å²) in [4.78, 5) is 13.7. The van der Waals surface area contributed by atoms with Crippen molar-refractivity contribution in [3.05, 3.63) is 29.8 Å². The highest BCUT2D eigenvalue weighted by Crippen LogP contribution is 2.29. The molecule has 1 aliphatic heterocycles. The molecule has 0 aromatic heterocycles. The monoisotopic (exact) mass is 246 g/mol. The van der Waals surface area contributed by atoms with Gasteiger partial charge in [0, 0.05) is 31.2 Å². The summed E-state index contributed by atoms with van der Waals surface area (Å²) in [6.45, 7) is 5.76. The van der Waals surface area contributed by atoms with E-state index in [0.717, 1.165) is 19.5 Å². The fourth-order valence-corrected chi connectivity index (χ4v) is 2.54. The maximum absolute atomic E-state index is 11.3. The number of hydrogen-bond acceptors (Lipinski definition) is 2. The molecule has 1 N–H and O–H groups in total. The van der Waals surface area contributed by atoms with Crippen molar-refractivity contribution >= 4 is 11.6 Å². The molecule has 0 unspecified atom stereocenters. The van der Waals surface area contributed by atoms with Gasteiger partial charge in [-0.05, 0) is 31.4 Å². The van der Waals surface area contributed by atoms with Crippen molar-refractivity contribution in [3.8, 4) is 0 Å². The Labute approximate surface area is 109 Å². The second-order valence-corrected chi connectivity index (χ2v) is 4.91. The second-order valence-electron chi connectivity index (χ2n) is 4.91. The second kappa shape index (κ2) is 5.89. The zero-order valence-corrected chi connectivity index (χ0v) is 11.3. The van der Waals surface area contributed by atoms with E-state index in [-0.39, 0.29) is 5.91 Å². The van der Waals surface area contributed by atoms with E-state index in [0.29, 0.717) is 12.5 Å². The minimum Gasteiger partial charge on any atom is -0.367 e. The Balaban J connectivity index is 2.01. The summed E-state index contributed by atoms with van der Waals surface area (Å²) < 4.78 is 0. The predicted octanol–water partition coefficient (Wildman–Crippen LogP) is 2.35. The summed E-state index contributed by atoms with van der Waals surface area (Å²) in [6.07, 6.45) is 2.92. The molecule has 3 heteroatoms. The van der Waals surface area contributed by atoms with Crippen LogP contribution in [0.5, 0.6) is 0 Å². The van der Waals surface area contributed by atoms with Gasteiger partial charge in [-0.1, -0.05) is 25.1 Å². The number of carbonyl (C=O) groups is 1. The van der Waals surface area contributed by atoms with Crippen molar-refractivity contribution in [3.63, 3.8) is 0 Å². The van der Waals surface area contributed by atoms with Gasteiger partial charge in [0.15, 0.2) is 0 Å². The van der Waals surface area contributed by atoms with Gasteiger partial charge in [-0.15, -0.1) is 0 Å². The van der Waals surface area contributed by atoms with E-state index < -0.39 is 0 Å². The minimum atomic E-state index is 0.132. The standard InChI is InChI=1S/C15H22N2O/c1-3-15(18)16-10-11-17-12(2)8-9-13-6-4-5-7-14(13)17/h4-7,12H,3,8-11H2,1-2H3,(H,16,18)/t12-/m1/s1. The maximum Gasteiger partial charge on any atom is 0.219 e. The van der Waals surface area contributed by atoms with Gasteiger partial charge in [0.05, 0.1) is 0 Å². The summed E-state index contributed by atoms with van der Waals surface area (Å²) in [5.74, 6) is 0.132. The van der Waals surface area contributed by atoms with Crippen LogP contribution in [-0.2, 0) is 11.2 Å². The van der Waals surface area contributed by atoms with Gasteiger partial charge in [0.2, 0.25) is 5.91 Å². The van der Waals surface area contributed by atoms with Crippen LogP contribution in [0.15, 0.2) is 24.3 Å². The third kappa shape index (κ3) is 2.84. The predicted molar refractivity (Wildman–Crippen MR) is 74.9 cm³/mol. The smallest absolute Gasteiger partial charge is 0.219 e. The van der Waals surface area contributed by atoms with Crippen LogP contribution in [0.2, 0.25) is 0 Å². The van der Waals surface area contributed by atoms with Crippen LogP contribution in [-0.4, -0.2) is 25.0 Å². The summed E-state index contributed by atoms with van der Waals surface area (Å²) in [6, 6.07) is 9.14. The van der Waals surface area contributed by atoms with Crippen molar-refractivity contribution in [2.45, 2.75) is 39.2 Å². The van der Waals surface area contributed by atoms with Crippen molar-refractivity contribution in [1.82, 2.24) is 5.32 Å². The number of hydrogen-bond donors (Lipinski definition) is 1. The molecule has 1 aliphatic rings. The van der Waals surface area contributed by atoms with E-state index in [2.05, 4.69) is 41.4 Å². The summed E-state index contributed by atoms with van der Waals surface area (Å²) in [5.41, 5.74) is 2.76. The van der Waals surface area contributed by atoms with Gasteiger partial charge in [0.25, 0.3) is 0 Å². The Kier molecular flexibility index (Phi) is 4.24. The molecular weight excluding hydrogens is 224 g/mol. The zero-order valence-electron chi connectivity index (χ0n) is 11.3. The molecule has 0 saturated heterocycles. The average molecular weight is 246 g/mol. The van der Waals surface area contributed by atoms with Crippen LogP contribution in [0.4, 0.5) is 5.69 Å². The van der Waals surface area contributed by atoms with Gasteiger partial charge in [-0.3, -0.25) is 4.79 Å². The third-order valence-corrected chi connectivity index (χ3v) is 3.66. The Morgan fingerprint density at radius 1 is 1.44 bits per heavy atom. The Morgan fingerprint density at radius 2 is 2.22 bits per heavy atom. The highest BCUT2D eigenvalue weighted by atomic mass is 16.1. The first-order chi connectivity index (χ1) is 8.72. The largest absolute Gasteiger partial charge is 0.367 e. The van der Waals surface area contributed by atoms with E-state index in [1.807, 2.05) is 6.92 Å². The fraction of sp³-hybridized carbons (Fsp3) is 0.533. The van der Waals surface area contributed by atoms with E-state index in [9.17, 15) is 4.79 Å². The molecule has 0 radical (unpaired) electrons. The van der Waals surface area contributed by atoms with Gasteiger partial charge >= 0.3 is 0 Å². The number of rotatable bonds is 4. The lowest BCUT2D eigenvalue weighted by molar-refractivity contribution is -0.120. The Morgan fingerprint density at radius 3 is 3.00 bits per heavy atom. The highest BCUT2D eigenvalue weighted by Gasteiger charge is 2.21. The first-order valence-corrected chi connectivity index (χ1v) is 6.83. The first-order valence-electron chi connectivity index (χ1n) is 6.83. The van der Waals surface area contributed by atoms with Crippen molar-refractivity contribution in [2.75, 3.05) is 18.0 Å². The molecule has 0 spiro atoms. The lowest BCUT2D eigenvalue weighted by atomic mass is 9.97. The lowest BCUT2D eigenvalue weighted by Gasteiger charge is -2.37. The molecule has 1 aromatic carbocycles. The molecule has 18 heavy (non-hydrogen) atoms. The van der Waals surface area contributed by atoms with Crippen LogP contribution in [0.1, 0.15) is 32.3 Å². The molecular formula is C15H22N2O. The maximum atomic E-state index is 11.3. The number of anilines is 1. The first kappa shape index (κ1) is 12.9. The van der Waals surface area contributed by atoms with Crippen LogP contribution in [0.25, 0.3) is 0 Å². The molecule has 1 heterocycles. The summed E-state index contributed by atoms with van der Waals surface area (Å²) in [5, 5.41) is 2.95. The van der Waals surface area contributed by atoms with Gasteiger partial charge in [-0.25, -0.2) is 0 Å². The number of carbonyl (C=O) groups excluding carboxylic acids is 1. The van der Waals surface area contributed by atoms with E-state index in [4.69, 9.17) is 0 Å². The normalized spacial score (nSPS) is 18.3. The van der Waals surface area contributed by atoms with Crippen molar-refractivity contribution < 1.29 is 4.79 Å². The van der Waals surface area contributed by atoms with Crippen molar-refractivity contribution in [1.29, 1.82) is 0 Å². The summed E-state index contributed by atoms with van der Waals surface area (Å²) >= 11 is 0. The van der Waals surface area contributed by atoms with Gasteiger partial charge < -0.3 is 10.2 Å². The molecule has 0 fully saturated rings. The fourth-order valence-electron chi connectivity index (χ4n) is 2.54. The van der Waals surface area contributed by atoms with Gasteiger partial charge in [0.1, 0.15) is 0 Å². The number of para-hydroxylation sites is 1. The quantitative estimate of drug-likeness (QED) is 0.884. The van der Waals surface area contributed by atoms with E-state index in [1.54, 1.807) is 0 Å². The molecule has 1 atom stereocenters. The molecule has 98 valence electrons. The Hall–Kier alpha value is -1.51. The average Bonchev–Trinajstić information content (AvgIpc) is 2.41. The highest BCUT2D eigenvalue weighted by molar-refractivity contribution is 5.75. The van der Waals surface area contributed by atoms with Crippen LogP contribution >= 0.6 is 0 Å². The molecule has 0 bridgehead atoms. The number of amides is 1. The lowest BCUT2D eigenvalue weighted by Crippen LogP contribution is -2.42. The topological polar surface area (TPSA) is 32.3 Å². The number of benzene rings is 1. The summed E-state index contributed by atoms with van der Waals surface area (Å²) in [7, 11) is 0. The van der Waals surface area contributed by atoms with Crippen molar-refractivity contribution in [2.24, 2.45) is 0 Å². The molecule has 0 aliphatic carbocycles. The molecule has 3 nitrogen and oxygen atoms in total. The van der Waals surface area contributed by atoms with Gasteiger partial charge in [-0.2, -0.15) is 0 Å². The number of nitrogens with zero attached hydrogens (tertiary/aromatic N) is 1. The molecule has 0 saturated carbocycles. The van der Waals surface area contributed by atoms with Crippen LogP contribution in [0.3, 0.4) is 0 Å². The van der Waals surface area contributed by atoms with E-state index in [1.165, 1.54) is 17.7 Å². The van der Waals surface area contributed by atoms with Crippen LogP contribution < -0.4 is 10.2 Å². The zero-order chi connectivity index (χ0) is 13.0. The SMILES string of the molecule is CCC(=O)NCCN1c2ccccc2CC[C@H]1C. The molecule has 1 amide bonds. The molecule has 1 aromatic rings. The van der Waals surface area contributed by atoms with E-state index >= 15 is 0 Å². The number of nitrogens with one attached hydrogen (secondary N) is 1. The molecule has 2 rings (SSSR count). The van der Waals surface area contributed by atoms with Crippen LogP contribution in [0, 0.1) is 0 Å². The number of fused-ring (bicyclic) bond motifs is 1. The number of aryl methyl sites for hydroxylation is 1. The third-order valence-electron chi connectivity index (χ3n) is 3.66.